The van der Waals surface area contributed by atoms with Crippen LogP contribution >= 0.6 is 0 Å². The largest absolute Gasteiger partial charge is 0.481 e. The van der Waals surface area contributed by atoms with E-state index in [-0.39, 0.29) is 12.1 Å². The lowest BCUT2D eigenvalue weighted by molar-refractivity contribution is -0.141. The lowest BCUT2D eigenvalue weighted by atomic mass is 9.93. The number of carboxylic acids is 1. The van der Waals surface area contributed by atoms with Crippen molar-refractivity contribution in [2.45, 2.75) is 12.8 Å². The van der Waals surface area contributed by atoms with Gasteiger partial charge in [0, 0.05) is 0 Å². The summed E-state index contributed by atoms with van der Waals surface area (Å²) in [6.07, 6.45) is 1.15. The fourth-order valence-electron chi connectivity index (χ4n) is 2.04. The number of hydrogen-bond donors (Lipinski definition) is 2. The van der Waals surface area contributed by atoms with Gasteiger partial charge in [-0.1, -0.05) is 60.7 Å². The Morgan fingerprint density at radius 2 is 1.21 bits per heavy atom. The van der Waals surface area contributed by atoms with Gasteiger partial charge in [0.25, 0.3) is 0 Å². The maximum Gasteiger partial charge on any atom is 0.307 e. The summed E-state index contributed by atoms with van der Waals surface area (Å²) >= 11 is 0. The Bertz CT molecular complexity index is 455. The van der Waals surface area contributed by atoms with Crippen LogP contribution in [0.3, 0.4) is 0 Å². The number of benzene rings is 2. The van der Waals surface area contributed by atoms with Crippen molar-refractivity contribution in [2.75, 3.05) is 0 Å². The van der Waals surface area contributed by atoms with Gasteiger partial charge < -0.3 is 11.3 Å². The van der Waals surface area contributed by atoms with E-state index in [0.29, 0.717) is 12.8 Å². The Morgan fingerprint density at radius 3 is 1.53 bits per heavy atom. The normalized spacial score (nSPS) is 9.95. The smallest absolute Gasteiger partial charge is 0.307 e. The zero-order valence-electron chi connectivity index (χ0n) is 10.8. The molecule has 0 saturated carbocycles. The van der Waals surface area contributed by atoms with Crippen molar-refractivity contribution in [1.29, 1.82) is 0 Å². The molecule has 100 valence electrons. The SMILES string of the molecule is N.O=C(O)C(Cc1ccccc1)Cc1ccccc1. The predicted molar refractivity (Wildman–Crippen MR) is 76.4 cm³/mol. The van der Waals surface area contributed by atoms with Gasteiger partial charge in [-0.2, -0.15) is 0 Å². The van der Waals surface area contributed by atoms with Crippen LogP contribution in [-0.4, -0.2) is 11.1 Å². The van der Waals surface area contributed by atoms with Crippen molar-refractivity contribution in [2.24, 2.45) is 5.92 Å². The number of rotatable bonds is 5. The van der Waals surface area contributed by atoms with Gasteiger partial charge in [0.15, 0.2) is 0 Å². The topological polar surface area (TPSA) is 72.3 Å². The Kier molecular flexibility index (Phi) is 5.76. The zero-order chi connectivity index (χ0) is 12.8. The third-order valence-electron chi connectivity index (χ3n) is 3.00. The first-order chi connectivity index (χ1) is 8.75. The molecule has 3 heteroatoms. The standard InChI is InChI=1S/C16H16O2.H3N/c17-16(18)15(11-13-7-3-1-4-8-13)12-14-9-5-2-6-10-14;/h1-10,15H,11-12H2,(H,17,18);1H3. The van der Waals surface area contributed by atoms with Crippen LogP contribution in [0.15, 0.2) is 60.7 Å². The highest BCUT2D eigenvalue weighted by Crippen LogP contribution is 2.15. The van der Waals surface area contributed by atoms with E-state index in [0.717, 1.165) is 11.1 Å². The molecule has 0 amide bonds. The highest BCUT2D eigenvalue weighted by atomic mass is 16.4. The minimum Gasteiger partial charge on any atom is -0.481 e. The summed E-state index contributed by atoms with van der Waals surface area (Å²) in [6, 6.07) is 19.5. The molecule has 2 aromatic carbocycles. The van der Waals surface area contributed by atoms with Crippen molar-refractivity contribution in [3.8, 4) is 0 Å². The monoisotopic (exact) mass is 257 g/mol. The van der Waals surface area contributed by atoms with E-state index < -0.39 is 5.97 Å². The first-order valence-corrected chi connectivity index (χ1v) is 6.06. The Labute approximate surface area is 113 Å². The summed E-state index contributed by atoms with van der Waals surface area (Å²) in [7, 11) is 0. The van der Waals surface area contributed by atoms with E-state index in [9.17, 15) is 9.90 Å². The van der Waals surface area contributed by atoms with Crippen molar-refractivity contribution >= 4 is 5.97 Å². The van der Waals surface area contributed by atoms with E-state index in [1.54, 1.807) is 0 Å². The molecule has 0 saturated heterocycles. The van der Waals surface area contributed by atoms with E-state index in [1.165, 1.54) is 0 Å². The maximum absolute atomic E-state index is 11.3. The average molecular weight is 257 g/mol. The van der Waals surface area contributed by atoms with Crippen LogP contribution in [0.2, 0.25) is 0 Å². The zero-order valence-corrected chi connectivity index (χ0v) is 10.8. The maximum atomic E-state index is 11.3. The van der Waals surface area contributed by atoms with Crippen molar-refractivity contribution < 1.29 is 9.90 Å². The first kappa shape index (κ1) is 14.9. The van der Waals surface area contributed by atoms with Crippen LogP contribution in [0.1, 0.15) is 11.1 Å². The molecule has 3 nitrogen and oxygen atoms in total. The van der Waals surface area contributed by atoms with Crippen LogP contribution in [-0.2, 0) is 17.6 Å². The molecule has 0 fully saturated rings. The summed E-state index contributed by atoms with van der Waals surface area (Å²) in [6.45, 7) is 0. The van der Waals surface area contributed by atoms with Gasteiger partial charge in [-0.3, -0.25) is 4.79 Å². The lowest BCUT2D eigenvalue weighted by Crippen LogP contribution is -2.19. The van der Waals surface area contributed by atoms with Crippen molar-refractivity contribution in [3.05, 3.63) is 71.8 Å². The second-order valence-electron chi connectivity index (χ2n) is 4.41. The first-order valence-electron chi connectivity index (χ1n) is 6.06. The van der Waals surface area contributed by atoms with Crippen LogP contribution in [0.4, 0.5) is 0 Å². The van der Waals surface area contributed by atoms with Gasteiger partial charge in [0.2, 0.25) is 0 Å². The highest BCUT2D eigenvalue weighted by molar-refractivity contribution is 5.70. The van der Waals surface area contributed by atoms with Crippen LogP contribution < -0.4 is 6.15 Å². The van der Waals surface area contributed by atoms with Gasteiger partial charge >= 0.3 is 5.97 Å². The minimum atomic E-state index is -0.734. The molecule has 2 rings (SSSR count). The van der Waals surface area contributed by atoms with E-state index in [4.69, 9.17) is 0 Å². The molecule has 0 bridgehead atoms. The second-order valence-corrected chi connectivity index (χ2v) is 4.41. The van der Waals surface area contributed by atoms with Crippen LogP contribution in [0.25, 0.3) is 0 Å². The molecule has 0 aliphatic carbocycles. The van der Waals surface area contributed by atoms with Gasteiger partial charge in [0.05, 0.1) is 5.92 Å². The third kappa shape index (κ3) is 4.56. The van der Waals surface area contributed by atoms with Crippen molar-refractivity contribution in [3.63, 3.8) is 0 Å². The van der Waals surface area contributed by atoms with Gasteiger partial charge in [-0.25, -0.2) is 0 Å². The molecule has 0 radical (unpaired) electrons. The molecule has 0 heterocycles. The quantitative estimate of drug-likeness (QED) is 0.862. The summed E-state index contributed by atoms with van der Waals surface area (Å²) < 4.78 is 0. The molecule has 19 heavy (non-hydrogen) atoms. The fourth-order valence-corrected chi connectivity index (χ4v) is 2.04. The molecule has 0 atom stereocenters. The van der Waals surface area contributed by atoms with Crippen LogP contribution in [0, 0.1) is 5.92 Å². The average Bonchev–Trinajstić information content (AvgIpc) is 2.40. The molecule has 0 unspecified atom stereocenters. The van der Waals surface area contributed by atoms with E-state index >= 15 is 0 Å². The summed E-state index contributed by atoms with van der Waals surface area (Å²) in [4.78, 5) is 11.3. The molecule has 0 spiro atoms. The summed E-state index contributed by atoms with van der Waals surface area (Å²) in [5.41, 5.74) is 2.14. The molecule has 4 N–H and O–H groups in total. The molecule has 0 aliphatic heterocycles. The van der Waals surface area contributed by atoms with E-state index in [2.05, 4.69) is 0 Å². The second kappa shape index (κ2) is 7.34. The molecule has 2 aromatic rings. The third-order valence-corrected chi connectivity index (χ3v) is 3.00. The molecular weight excluding hydrogens is 238 g/mol. The Balaban J connectivity index is 0.00000180. The summed E-state index contributed by atoms with van der Waals surface area (Å²) in [5, 5.41) is 9.30. The Morgan fingerprint density at radius 1 is 0.842 bits per heavy atom. The Hall–Kier alpha value is -2.13. The van der Waals surface area contributed by atoms with Crippen LogP contribution in [0.5, 0.6) is 0 Å². The number of aliphatic carboxylic acids is 1. The minimum absolute atomic E-state index is 0. The number of carboxylic acid groups (broad SMARTS) is 1. The lowest BCUT2D eigenvalue weighted by Gasteiger charge is -2.12. The van der Waals surface area contributed by atoms with Gasteiger partial charge in [0.1, 0.15) is 0 Å². The molecule has 0 aliphatic rings. The van der Waals surface area contributed by atoms with Gasteiger partial charge in [-0.05, 0) is 24.0 Å². The number of hydrogen-bond acceptors (Lipinski definition) is 2. The number of carbonyl (C=O) groups is 1. The van der Waals surface area contributed by atoms with Gasteiger partial charge in [-0.15, -0.1) is 0 Å². The molecular formula is C16H19NO2. The highest BCUT2D eigenvalue weighted by Gasteiger charge is 2.18. The molecule has 0 aromatic heterocycles. The predicted octanol–water partition coefficient (Wildman–Crippen LogP) is 3.33. The van der Waals surface area contributed by atoms with Crippen molar-refractivity contribution in [1.82, 2.24) is 6.15 Å². The summed E-state index contributed by atoms with van der Waals surface area (Å²) in [5.74, 6) is -1.10. The van der Waals surface area contributed by atoms with E-state index in [1.807, 2.05) is 60.7 Å². The fraction of sp³-hybridized carbons (Fsp3) is 0.188.